The molecule has 0 N–H and O–H groups in total. The lowest BCUT2D eigenvalue weighted by Gasteiger charge is -2.26. The molecule has 9 nitrogen and oxygen atoms in total. The molecule has 0 fully saturated rings. The number of esters is 2. The minimum atomic E-state index is -1.62. The zero-order chi connectivity index (χ0) is 56.9. The van der Waals surface area contributed by atoms with Crippen molar-refractivity contribution in [1.29, 1.82) is 0 Å². The number of ether oxygens (including phenoxy) is 4. The number of carbonyl (C=O) groups excluding carboxylic acids is 3. The molecule has 0 aromatic rings. The molecule has 2 unspecified atom stereocenters. The van der Waals surface area contributed by atoms with Gasteiger partial charge in [0.15, 0.2) is 12.4 Å². The monoisotopic (exact) mass is 1100 g/mol. The van der Waals surface area contributed by atoms with Gasteiger partial charge in [-0.3, -0.25) is 9.59 Å². The van der Waals surface area contributed by atoms with Gasteiger partial charge in [0.25, 0.3) is 0 Å². The summed E-state index contributed by atoms with van der Waals surface area (Å²) in [7, 11) is 5.93. The minimum Gasteiger partial charge on any atom is -0.545 e. The minimum absolute atomic E-state index is 0.147. The lowest BCUT2D eigenvalue weighted by molar-refractivity contribution is -0.870. The van der Waals surface area contributed by atoms with Crippen LogP contribution in [0.1, 0.15) is 328 Å². The maximum absolute atomic E-state index is 12.9. The number of carboxylic acid groups (broad SMARTS) is 1. The van der Waals surface area contributed by atoms with Crippen molar-refractivity contribution in [3.05, 3.63) is 36.5 Å². The fraction of sp³-hybridized carbons (Fsp3) is 0.870. The van der Waals surface area contributed by atoms with Crippen LogP contribution in [0.2, 0.25) is 0 Å². The predicted octanol–water partition coefficient (Wildman–Crippen LogP) is 19.1. The van der Waals surface area contributed by atoms with E-state index in [1.165, 1.54) is 238 Å². The molecule has 0 aromatic heterocycles. The summed E-state index contributed by atoms with van der Waals surface area (Å²) in [5, 5.41) is 11.8. The van der Waals surface area contributed by atoms with Crippen molar-refractivity contribution < 1.29 is 42.9 Å². The van der Waals surface area contributed by atoms with Gasteiger partial charge in [0.05, 0.1) is 40.3 Å². The highest BCUT2D eigenvalue weighted by molar-refractivity contribution is 5.70. The molecule has 2 atom stereocenters. The average molecular weight is 1100 g/mol. The topological polar surface area (TPSA) is 111 Å². The van der Waals surface area contributed by atoms with Crippen LogP contribution in [0.4, 0.5) is 0 Å². The second-order valence-corrected chi connectivity index (χ2v) is 24.1. The van der Waals surface area contributed by atoms with Gasteiger partial charge in [-0.1, -0.05) is 301 Å². The van der Waals surface area contributed by atoms with E-state index in [1.807, 2.05) is 21.1 Å². The molecule has 0 heterocycles. The van der Waals surface area contributed by atoms with Gasteiger partial charge in [0, 0.05) is 12.8 Å². The van der Waals surface area contributed by atoms with Gasteiger partial charge in [0.2, 0.25) is 0 Å². The number of likely N-dealkylation sites (N-methyl/N-ethyl adjacent to an activating group) is 1. The van der Waals surface area contributed by atoms with Crippen molar-refractivity contribution >= 4 is 17.9 Å². The van der Waals surface area contributed by atoms with E-state index in [1.54, 1.807) is 0 Å². The molecule has 0 aliphatic carbocycles. The molecule has 0 saturated carbocycles. The van der Waals surface area contributed by atoms with Gasteiger partial charge in [-0.05, 0) is 51.4 Å². The summed E-state index contributed by atoms with van der Waals surface area (Å²) < 4.78 is 22.8. The normalized spacial score (nSPS) is 12.9. The molecule has 0 rings (SSSR count). The van der Waals surface area contributed by atoms with Crippen LogP contribution >= 0.6 is 0 Å². The molecule has 0 saturated heterocycles. The Morgan fingerprint density at radius 2 is 0.692 bits per heavy atom. The second kappa shape index (κ2) is 60.6. The zero-order valence-electron chi connectivity index (χ0n) is 52.3. The molecule has 0 spiro atoms. The highest BCUT2D eigenvalue weighted by atomic mass is 16.7. The van der Waals surface area contributed by atoms with E-state index in [9.17, 15) is 19.5 Å². The Hall–Kier alpha value is -2.49. The fourth-order valence-corrected chi connectivity index (χ4v) is 9.96. The van der Waals surface area contributed by atoms with Crippen LogP contribution in [0, 0.1) is 0 Å². The highest BCUT2D eigenvalue weighted by Crippen LogP contribution is 2.18. The van der Waals surface area contributed by atoms with Crippen molar-refractivity contribution in [2.75, 3.05) is 47.5 Å². The van der Waals surface area contributed by atoms with Crippen molar-refractivity contribution in [3.63, 3.8) is 0 Å². The lowest BCUT2D eigenvalue weighted by Crippen LogP contribution is -2.44. The predicted molar refractivity (Wildman–Crippen MR) is 329 cm³/mol. The van der Waals surface area contributed by atoms with E-state index < -0.39 is 24.3 Å². The Morgan fingerprint density at radius 1 is 0.385 bits per heavy atom. The highest BCUT2D eigenvalue weighted by Gasteiger charge is 2.22. The van der Waals surface area contributed by atoms with Gasteiger partial charge >= 0.3 is 11.9 Å². The number of carbonyl (C=O) groups is 3. The first kappa shape index (κ1) is 75.5. The molecule has 0 radical (unpaired) electrons. The summed E-state index contributed by atoms with van der Waals surface area (Å²) in [5.74, 6) is -2.27. The van der Waals surface area contributed by atoms with E-state index in [2.05, 4.69) is 50.3 Å². The standard InChI is InChI=1S/C69H129NO8/c1-6-8-10-12-14-16-18-20-22-24-26-28-30-31-32-33-34-35-36-38-39-41-43-45-47-49-51-53-55-57-59-66(71)76-63-65(64-77-69(68(73)74)75-62-61-70(3,4)5)78-67(72)60-58-56-54-52-50-48-46-44-42-40-37-29-27-25-23-21-19-17-15-13-11-9-7-2/h19,21,25,27,37,40,65,69H,6-18,20,22-24,26,28-36,38-39,41-64H2,1-5H3/b21-19-,27-25-,40-37-. The number of hydrogen-bond acceptors (Lipinski definition) is 8. The molecule has 78 heavy (non-hydrogen) atoms. The van der Waals surface area contributed by atoms with Gasteiger partial charge in [-0.15, -0.1) is 0 Å². The summed E-state index contributed by atoms with van der Waals surface area (Å²) in [6.07, 6.45) is 72.2. The molecule has 0 amide bonds. The van der Waals surface area contributed by atoms with E-state index >= 15 is 0 Å². The summed E-state index contributed by atoms with van der Waals surface area (Å²) in [6, 6.07) is 0. The maximum atomic E-state index is 12.9. The largest absolute Gasteiger partial charge is 0.545 e. The van der Waals surface area contributed by atoms with Crippen LogP contribution in [-0.4, -0.2) is 82.3 Å². The van der Waals surface area contributed by atoms with Gasteiger partial charge in [-0.2, -0.15) is 0 Å². The Balaban J connectivity index is 4.10. The number of quaternary nitrogens is 1. The van der Waals surface area contributed by atoms with Gasteiger partial charge in [-0.25, -0.2) is 0 Å². The van der Waals surface area contributed by atoms with Crippen molar-refractivity contribution in [2.24, 2.45) is 0 Å². The SMILES string of the molecule is CCCCCCC/C=C\C/C=C\C/C=C\CCCCCCCCCCC(=O)OC(COC(=O)CCCCCCCCCCCCCCCCCCCCCCCCCCCCCCCC)COC(OCC[N+](C)(C)C)C(=O)[O-]. The maximum Gasteiger partial charge on any atom is 0.306 e. The Bertz CT molecular complexity index is 1370. The fourth-order valence-electron chi connectivity index (χ4n) is 9.96. The number of aliphatic carboxylic acids is 1. The first-order chi connectivity index (χ1) is 38.1. The molecular weight excluding hydrogens is 971 g/mol. The van der Waals surface area contributed by atoms with E-state index in [4.69, 9.17) is 18.9 Å². The number of rotatable bonds is 63. The van der Waals surface area contributed by atoms with Crippen LogP contribution < -0.4 is 5.11 Å². The summed E-state index contributed by atoms with van der Waals surface area (Å²) in [6.45, 7) is 4.78. The van der Waals surface area contributed by atoms with Crippen LogP contribution in [0.15, 0.2) is 36.5 Å². The summed E-state index contributed by atoms with van der Waals surface area (Å²) >= 11 is 0. The second-order valence-electron chi connectivity index (χ2n) is 24.1. The molecule has 458 valence electrons. The van der Waals surface area contributed by atoms with Crippen LogP contribution in [0.5, 0.6) is 0 Å². The van der Waals surface area contributed by atoms with Crippen LogP contribution in [0.25, 0.3) is 0 Å². The average Bonchev–Trinajstić information content (AvgIpc) is 3.41. The van der Waals surface area contributed by atoms with E-state index in [0.717, 1.165) is 57.8 Å². The number of allylic oxidation sites excluding steroid dienone is 6. The Kier molecular flexibility index (Phi) is 58.7. The van der Waals surface area contributed by atoms with Crippen molar-refractivity contribution in [3.8, 4) is 0 Å². The lowest BCUT2D eigenvalue weighted by atomic mass is 10.0. The number of hydrogen-bond donors (Lipinski definition) is 0. The first-order valence-corrected chi connectivity index (χ1v) is 33.6. The zero-order valence-corrected chi connectivity index (χ0v) is 52.3. The van der Waals surface area contributed by atoms with Gasteiger partial charge in [0.1, 0.15) is 13.2 Å². The molecule has 0 aliphatic rings. The summed E-state index contributed by atoms with van der Waals surface area (Å²) in [4.78, 5) is 37.4. The Morgan fingerprint density at radius 3 is 1.03 bits per heavy atom. The van der Waals surface area contributed by atoms with E-state index in [-0.39, 0.29) is 32.2 Å². The molecular formula is C69H129NO8. The number of unbranched alkanes of at least 4 members (excludes halogenated alkanes) is 42. The van der Waals surface area contributed by atoms with E-state index in [0.29, 0.717) is 23.9 Å². The molecule has 0 bridgehead atoms. The third-order valence-corrected chi connectivity index (χ3v) is 15.1. The van der Waals surface area contributed by atoms with Crippen molar-refractivity contribution in [1.82, 2.24) is 0 Å². The smallest absolute Gasteiger partial charge is 0.306 e. The number of carboxylic acids is 1. The van der Waals surface area contributed by atoms with Crippen LogP contribution in [-0.2, 0) is 33.3 Å². The Labute approximate surface area is 483 Å². The summed E-state index contributed by atoms with van der Waals surface area (Å²) in [5.41, 5.74) is 0. The molecule has 0 aromatic carbocycles. The molecule has 0 aliphatic heterocycles. The number of nitrogens with zero attached hydrogens (tertiary/aromatic N) is 1. The first-order valence-electron chi connectivity index (χ1n) is 33.6. The third kappa shape index (κ3) is 61.1. The quantitative estimate of drug-likeness (QED) is 0.0195. The van der Waals surface area contributed by atoms with Crippen LogP contribution in [0.3, 0.4) is 0 Å². The van der Waals surface area contributed by atoms with Crippen molar-refractivity contribution in [2.45, 2.75) is 341 Å². The molecule has 9 heteroatoms. The third-order valence-electron chi connectivity index (χ3n) is 15.1. The van der Waals surface area contributed by atoms with Gasteiger partial charge < -0.3 is 33.3 Å².